The SMILES string of the molecule is CN1CCCC2CN(CC(O)c3ccc(N)cc3)CCC21. The van der Waals surface area contributed by atoms with E-state index in [2.05, 4.69) is 16.8 Å². The fraction of sp³-hybridized carbons (Fsp3) is 0.647. The molecule has 2 fully saturated rings. The number of nitrogens with two attached hydrogens (primary N) is 1. The van der Waals surface area contributed by atoms with Gasteiger partial charge in [0.25, 0.3) is 0 Å². The average Bonchev–Trinajstić information content (AvgIpc) is 2.48. The fourth-order valence-corrected chi connectivity index (χ4v) is 3.96. The zero-order chi connectivity index (χ0) is 14.8. The Kier molecular flexibility index (Phi) is 4.48. The van der Waals surface area contributed by atoms with Crippen LogP contribution in [0.5, 0.6) is 0 Å². The van der Waals surface area contributed by atoms with Gasteiger partial charge in [-0.25, -0.2) is 0 Å². The maximum Gasteiger partial charge on any atom is 0.0916 e. The van der Waals surface area contributed by atoms with Crippen molar-refractivity contribution in [2.24, 2.45) is 5.92 Å². The van der Waals surface area contributed by atoms with Crippen LogP contribution in [0.4, 0.5) is 5.69 Å². The summed E-state index contributed by atoms with van der Waals surface area (Å²) in [5.74, 6) is 0.774. The minimum absolute atomic E-state index is 0.413. The van der Waals surface area contributed by atoms with Gasteiger partial charge in [-0.2, -0.15) is 0 Å². The third-order valence-electron chi connectivity index (χ3n) is 5.18. The van der Waals surface area contributed by atoms with Gasteiger partial charge in [0, 0.05) is 24.8 Å². The number of hydrogen-bond donors (Lipinski definition) is 2. The highest BCUT2D eigenvalue weighted by molar-refractivity contribution is 5.39. The van der Waals surface area contributed by atoms with Gasteiger partial charge in [0.1, 0.15) is 0 Å². The molecule has 21 heavy (non-hydrogen) atoms. The lowest BCUT2D eigenvalue weighted by Gasteiger charge is -2.46. The number of aliphatic hydroxyl groups excluding tert-OH is 1. The fourth-order valence-electron chi connectivity index (χ4n) is 3.96. The number of fused-ring (bicyclic) bond motifs is 1. The summed E-state index contributed by atoms with van der Waals surface area (Å²) in [6, 6.07) is 8.34. The van der Waals surface area contributed by atoms with Gasteiger partial charge >= 0.3 is 0 Å². The molecule has 2 aliphatic rings. The highest BCUT2D eigenvalue weighted by Crippen LogP contribution is 2.30. The van der Waals surface area contributed by atoms with E-state index in [9.17, 15) is 5.11 Å². The quantitative estimate of drug-likeness (QED) is 0.832. The summed E-state index contributed by atoms with van der Waals surface area (Å²) in [6.07, 6.45) is 3.47. The number of β-amino-alcohol motifs (C(OH)–C–C–N with tert-alkyl or cyclic N) is 1. The molecule has 0 amide bonds. The van der Waals surface area contributed by atoms with Gasteiger partial charge in [-0.3, -0.25) is 0 Å². The Hall–Kier alpha value is -1.10. The largest absolute Gasteiger partial charge is 0.399 e. The van der Waals surface area contributed by atoms with Crippen molar-refractivity contribution >= 4 is 5.69 Å². The number of rotatable bonds is 3. The van der Waals surface area contributed by atoms with Crippen LogP contribution in [0.25, 0.3) is 0 Å². The Bertz CT molecular complexity index is 462. The number of hydrogen-bond acceptors (Lipinski definition) is 4. The topological polar surface area (TPSA) is 52.7 Å². The first kappa shape index (κ1) is 14.8. The molecule has 0 saturated carbocycles. The predicted molar refractivity (Wildman–Crippen MR) is 86.0 cm³/mol. The Morgan fingerprint density at radius 3 is 2.76 bits per heavy atom. The van der Waals surface area contributed by atoms with Gasteiger partial charge in [-0.05, 0) is 63.0 Å². The first-order valence-corrected chi connectivity index (χ1v) is 8.09. The Balaban J connectivity index is 1.57. The van der Waals surface area contributed by atoms with E-state index < -0.39 is 6.10 Å². The van der Waals surface area contributed by atoms with Crippen molar-refractivity contribution in [1.29, 1.82) is 0 Å². The van der Waals surface area contributed by atoms with Gasteiger partial charge in [0.15, 0.2) is 0 Å². The number of piperidine rings is 2. The number of likely N-dealkylation sites (tertiary alicyclic amines) is 2. The maximum atomic E-state index is 10.4. The van der Waals surface area contributed by atoms with Gasteiger partial charge in [-0.1, -0.05) is 12.1 Å². The van der Waals surface area contributed by atoms with Gasteiger partial charge in [0.2, 0.25) is 0 Å². The van der Waals surface area contributed by atoms with Crippen LogP contribution in [0.3, 0.4) is 0 Å². The molecular formula is C17H27N3O. The first-order valence-electron chi connectivity index (χ1n) is 8.09. The number of benzene rings is 1. The Morgan fingerprint density at radius 1 is 1.24 bits per heavy atom. The lowest BCUT2D eigenvalue weighted by molar-refractivity contribution is 0.0174. The molecular weight excluding hydrogens is 262 g/mol. The summed E-state index contributed by atoms with van der Waals surface area (Å²) in [6.45, 7) is 4.20. The highest BCUT2D eigenvalue weighted by Gasteiger charge is 2.34. The maximum absolute atomic E-state index is 10.4. The minimum atomic E-state index is -0.413. The molecule has 1 aromatic rings. The van der Waals surface area contributed by atoms with Crippen molar-refractivity contribution in [2.75, 3.05) is 39.0 Å². The summed E-state index contributed by atoms with van der Waals surface area (Å²) >= 11 is 0. The average molecular weight is 289 g/mol. The molecule has 0 bridgehead atoms. The van der Waals surface area contributed by atoms with E-state index in [1.165, 1.54) is 25.8 Å². The lowest BCUT2D eigenvalue weighted by Crippen LogP contribution is -2.53. The van der Waals surface area contributed by atoms with E-state index in [0.717, 1.165) is 42.8 Å². The molecule has 0 aliphatic carbocycles. The second kappa shape index (κ2) is 6.34. The summed E-state index contributed by atoms with van der Waals surface area (Å²) in [5, 5.41) is 10.4. The van der Waals surface area contributed by atoms with Crippen LogP contribution in [-0.4, -0.2) is 54.2 Å². The van der Waals surface area contributed by atoms with Crippen LogP contribution in [-0.2, 0) is 0 Å². The molecule has 0 aromatic heterocycles. The van der Waals surface area contributed by atoms with Crippen LogP contribution in [0.15, 0.2) is 24.3 Å². The van der Waals surface area contributed by atoms with Crippen LogP contribution < -0.4 is 5.73 Å². The van der Waals surface area contributed by atoms with Gasteiger partial charge in [0.05, 0.1) is 6.10 Å². The number of anilines is 1. The Morgan fingerprint density at radius 2 is 2.00 bits per heavy atom. The van der Waals surface area contributed by atoms with Crippen molar-refractivity contribution in [3.63, 3.8) is 0 Å². The van der Waals surface area contributed by atoms with Crippen molar-refractivity contribution in [3.8, 4) is 0 Å². The van der Waals surface area contributed by atoms with E-state index in [1.807, 2.05) is 24.3 Å². The monoisotopic (exact) mass is 289 g/mol. The molecule has 2 saturated heterocycles. The van der Waals surface area contributed by atoms with E-state index in [-0.39, 0.29) is 0 Å². The van der Waals surface area contributed by atoms with Crippen LogP contribution in [0.1, 0.15) is 30.9 Å². The molecule has 4 heteroatoms. The molecule has 3 unspecified atom stereocenters. The Labute approximate surface area is 127 Å². The van der Waals surface area contributed by atoms with E-state index in [0.29, 0.717) is 0 Å². The van der Waals surface area contributed by atoms with E-state index in [1.54, 1.807) is 0 Å². The lowest BCUT2D eigenvalue weighted by atomic mass is 9.84. The highest BCUT2D eigenvalue weighted by atomic mass is 16.3. The van der Waals surface area contributed by atoms with Crippen LogP contribution in [0.2, 0.25) is 0 Å². The third-order valence-corrected chi connectivity index (χ3v) is 5.18. The van der Waals surface area contributed by atoms with Crippen LogP contribution in [0, 0.1) is 5.92 Å². The predicted octanol–water partition coefficient (Wildman–Crippen LogP) is 1.72. The molecule has 2 heterocycles. The summed E-state index contributed by atoms with van der Waals surface area (Å²) in [4.78, 5) is 4.96. The van der Waals surface area contributed by atoms with Crippen LogP contribution >= 0.6 is 0 Å². The summed E-state index contributed by atoms with van der Waals surface area (Å²) in [5.41, 5.74) is 7.41. The molecule has 4 nitrogen and oxygen atoms in total. The minimum Gasteiger partial charge on any atom is -0.399 e. The molecule has 116 valence electrons. The molecule has 3 atom stereocenters. The second-order valence-electron chi connectivity index (χ2n) is 6.68. The number of nitrogen functional groups attached to an aromatic ring is 1. The van der Waals surface area contributed by atoms with E-state index in [4.69, 9.17) is 5.73 Å². The van der Waals surface area contributed by atoms with Crippen molar-refractivity contribution in [2.45, 2.75) is 31.4 Å². The smallest absolute Gasteiger partial charge is 0.0916 e. The van der Waals surface area contributed by atoms with Gasteiger partial charge < -0.3 is 20.6 Å². The van der Waals surface area contributed by atoms with Gasteiger partial charge in [-0.15, -0.1) is 0 Å². The molecule has 3 rings (SSSR count). The standard InChI is InChI=1S/C17H27N3O/c1-19-9-2-3-14-11-20(10-8-16(14)19)12-17(21)13-4-6-15(18)7-5-13/h4-7,14,16-17,21H,2-3,8-12,18H2,1H3. The number of aliphatic hydroxyl groups is 1. The van der Waals surface area contributed by atoms with Crippen molar-refractivity contribution < 1.29 is 5.11 Å². The molecule has 3 N–H and O–H groups in total. The second-order valence-corrected chi connectivity index (χ2v) is 6.68. The zero-order valence-corrected chi connectivity index (χ0v) is 12.9. The summed E-state index contributed by atoms with van der Waals surface area (Å²) in [7, 11) is 2.26. The number of nitrogens with zero attached hydrogens (tertiary/aromatic N) is 2. The zero-order valence-electron chi connectivity index (χ0n) is 12.9. The van der Waals surface area contributed by atoms with Crippen molar-refractivity contribution in [1.82, 2.24) is 9.80 Å². The molecule has 2 aliphatic heterocycles. The molecule has 0 spiro atoms. The normalized spacial score (nSPS) is 29.0. The molecule has 0 radical (unpaired) electrons. The molecule has 1 aromatic carbocycles. The first-order chi connectivity index (χ1) is 10.1. The third kappa shape index (κ3) is 3.39. The van der Waals surface area contributed by atoms with Crippen molar-refractivity contribution in [3.05, 3.63) is 29.8 Å². The van der Waals surface area contributed by atoms with E-state index >= 15 is 0 Å². The summed E-state index contributed by atoms with van der Waals surface area (Å²) < 4.78 is 0.